The summed E-state index contributed by atoms with van der Waals surface area (Å²) >= 11 is 0. The van der Waals surface area contributed by atoms with Gasteiger partial charge in [-0.25, -0.2) is 0 Å². The van der Waals surface area contributed by atoms with E-state index in [1.165, 1.54) is 0 Å². The predicted octanol–water partition coefficient (Wildman–Crippen LogP) is 4.21. The summed E-state index contributed by atoms with van der Waals surface area (Å²) in [6.07, 6.45) is 1.09. The first-order chi connectivity index (χ1) is 13.9. The fourth-order valence-corrected chi connectivity index (χ4v) is 3.45. The molecule has 0 aliphatic heterocycles. The van der Waals surface area contributed by atoms with E-state index in [1.807, 2.05) is 19.1 Å². The lowest BCUT2D eigenvalue weighted by Gasteiger charge is -2.23. The van der Waals surface area contributed by atoms with Gasteiger partial charge in [0, 0.05) is 36.2 Å². The molecule has 0 saturated heterocycles. The van der Waals surface area contributed by atoms with E-state index in [2.05, 4.69) is 35.4 Å². The summed E-state index contributed by atoms with van der Waals surface area (Å²) < 4.78 is 5.19. The van der Waals surface area contributed by atoms with E-state index < -0.39 is 5.41 Å². The number of ether oxygens (including phenoxy) is 1. The Balaban J connectivity index is 1.70. The second kappa shape index (κ2) is 8.55. The molecule has 2 aromatic rings. The van der Waals surface area contributed by atoms with Gasteiger partial charge in [0.05, 0.1) is 7.11 Å². The molecule has 0 aromatic heterocycles. The van der Waals surface area contributed by atoms with Gasteiger partial charge in [0.1, 0.15) is 11.2 Å². The van der Waals surface area contributed by atoms with Crippen molar-refractivity contribution in [2.75, 3.05) is 35.7 Å². The number of hydrogen-bond acceptors (Lipinski definition) is 4. The quantitative estimate of drug-likeness (QED) is 0.657. The minimum atomic E-state index is -1.01. The molecule has 0 radical (unpaired) electrons. The van der Waals surface area contributed by atoms with E-state index in [0.29, 0.717) is 24.3 Å². The van der Waals surface area contributed by atoms with E-state index in [9.17, 15) is 9.59 Å². The molecule has 0 heterocycles. The van der Waals surface area contributed by atoms with Crippen molar-refractivity contribution in [2.24, 2.45) is 5.41 Å². The molecule has 0 unspecified atom stereocenters. The van der Waals surface area contributed by atoms with E-state index in [4.69, 9.17) is 4.74 Å². The zero-order valence-electron chi connectivity index (χ0n) is 17.5. The lowest BCUT2D eigenvalue weighted by molar-refractivity contribution is -0.131. The highest BCUT2D eigenvalue weighted by Gasteiger charge is 2.56. The van der Waals surface area contributed by atoms with Crippen LogP contribution in [0.25, 0.3) is 0 Å². The van der Waals surface area contributed by atoms with Gasteiger partial charge in [-0.05, 0) is 69.5 Å². The number of nitrogens with zero attached hydrogens (tertiary/aromatic N) is 1. The number of aryl methyl sites for hydroxylation is 1. The van der Waals surface area contributed by atoms with Crippen LogP contribution < -0.4 is 20.3 Å². The van der Waals surface area contributed by atoms with Crippen LogP contribution in [0.4, 0.5) is 17.1 Å². The molecular formula is C23H29N3O3. The molecule has 6 heteroatoms. The summed E-state index contributed by atoms with van der Waals surface area (Å²) in [5.41, 5.74) is 2.46. The Morgan fingerprint density at radius 3 is 2.31 bits per heavy atom. The van der Waals surface area contributed by atoms with Crippen LogP contribution in [0.2, 0.25) is 0 Å². The fraction of sp³-hybridized carbons (Fsp3) is 0.391. The maximum absolute atomic E-state index is 12.9. The SMILES string of the molecule is CCN(CC)c1ccc(NC(=O)C2(C(=O)Nc3cccc(OC)c3)CC2)c(C)c1. The van der Waals surface area contributed by atoms with E-state index in [1.54, 1.807) is 31.4 Å². The third kappa shape index (κ3) is 4.36. The minimum Gasteiger partial charge on any atom is -0.497 e. The van der Waals surface area contributed by atoms with E-state index in [0.717, 1.165) is 30.0 Å². The smallest absolute Gasteiger partial charge is 0.240 e. The molecule has 0 spiro atoms. The maximum Gasteiger partial charge on any atom is 0.240 e. The summed E-state index contributed by atoms with van der Waals surface area (Å²) in [5, 5.41) is 5.81. The average Bonchev–Trinajstić information content (AvgIpc) is 3.53. The Hall–Kier alpha value is -3.02. The molecular weight excluding hydrogens is 366 g/mol. The molecule has 154 valence electrons. The van der Waals surface area contributed by atoms with Gasteiger partial charge in [0.25, 0.3) is 0 Å². The molecule has 29 heavy (non-hydrogen) atoms. The van der Waals surface area contributed by atoms with E-state index in [-0.39, 0.29) is 11.8 Å². The number of anilines is 3. The molecule has 0 bridgehead atoms. The molecule has 1 fully saturated rings. The number of rotatable bonds is 8. The number of carbonyl (C=O) groups is 2. The van der Waals surface area contributed by atoms with Gasteiger partial charge in [-0.2, -0.15) is 0 Å². The van der Waals surface area contributed by atoms with Crippen molar-refractivity contribution in [1.82, 2.24) is 0 Å². The Morgan fingerprint density at radius 2 is 1.72 bits per heavy atom. The molecule has 1 aliphatic carbocycles. The normalized spacial score (nSPS) is 14.1. The van der Waals surface area contributed by atoms with Gasteiger partial charge in [0.2, 0.25) is 11.8 Å². The summed E-state index contributed by atoms with van der Waals surface area (Å²) in [4.78, 5) is 28.0. The Labute approximate surface area is 172 Å². The number of amides is 2. The largest absolute Gasteiger partial charge is 0.497 e. The van der Waals surface area contributed by atoms with Gasteiger partial charge in [-0.15, -0.1) is 0 Å². The highest BCUT2D eigenvalue weighted by atomic mass is 16.5. The van der Waals surface area contributed by atoms with Crippen molar-refractivity contribution in [2.45, 2.75) is 33.6 Å². The Bertz CT molecular complexity index is 902. The highest BCUT2D eigenvalue weighted by Crippen LogP contribution is 2.47. The predicted molar refractivity (Wildman–Crippen MR) is 117 cm³/mol. The van der Waals surface area contributed by atoms with Crippen LogP contribution in [0.15, 0.2) is 42.5 Å². The lowest BCUT2D eigenvalue weighted by atomic mass is 10.0. The number of nitrogens with one attached hydrogen (secondary N) is 2. The van der Waals surface area contributed by atoms with Gasteiger partial charge in [-0.3, -0.25) is 9.59 Å². The standard InChI is InChI=1S/C23H29N3O3/c1-5-26(6-2)18-10-11-20(16(3)14-18)25-22(28)23(12-13-23)21(27)24-17-8-7-9-19(15-17)29-4/h7-11,14-15H,5-6,12-13H2,1-4H3,(H,24,27)(H,25,28). The highest BCUT2D eigenvalue weighted by molar-refractivity contribution is 6.17. The first-order valence-corrected chi connectivity index (χ1v) is 10.1. The monoisotopic (exact) mass is 395 g/mol. The number of benzene rings is 2. The van der Waals surface area contributed by atoms with Crippen molar-refractivity contribution >= 4 is 28.9 Å². The minimum absolute atomic E-state index is 0.253. The topological polar surface area (TPSA) is 70.7 Å². The zero-order valence-corrected chi connectivity index (χ0v) is 17.5. The number of carbonyl (C=O) groups excluding carboxylic acids is 2. The molecule has 2 amide bonds. The summed E-state index contributed by atoms with van der Waals surface area (Å²) in [5.74, 6) is 0.123. The number of methoxy groups -OCH3 is 1. The summed E-state index contributed by atoms with van der Waals surface area (Å²) in [6, 6.07) is 13.1. The van der Waals surface area contributed by atoms with Crippen molar-refractivity contribution < 1.29 is 14.3 Å². The second-order valence-corrected chi connectivity index (χ2v) is 7.39. The van der Waals surface area contributed by atoms with Crippen molar-refractivity contribution in [3.63, 3.8) is 0 Å². The maximum atomic E-state index is 12.9. The molecule has 1 aliphatic rings. The van der Waals surface area contributed by atoms with Gasteiger partial charge < -0.3 is 20.3 Å². The molecule has 2 aromatic carbocycles. The van der Waals surface area contributed by atoms with Gasteiger partial charge in [-0.1, -0.05) is 6.07 Å². The summed E-state index contributed by atoms with van der Waals surface area (Å²) in [7, 11) is 1.57. The molecule has 2 N–H and O–H groups in total. The van der Waals surface area contributed by atoms with Crippen molar-refractivity contribution in [3.05, 3.63) is 48.0 Å². The van der Waals surface area contributed by atoms with Crippen LogP contribution in [-0.4, -0.2) is 32.0 Å². The summed E-state index contributed by atoms with van der Waals surface area (Å²) in [6.45, 7) is 8.06. The third-order valence-corrected chi connectivity index (χ3v) is 5.53. The van der Waals surface area contributed by atoms with Crippen LogP contribution in [0.1, 0.15) is 32.3 Å². The Kier molecular flexibility index (Phi) is 6.11. The first kappa shape index (κ1) is 20.7. The average molecular weight is 396 g/mol. The Morgan fingerprint density at radius 1 is 1.03 bits per heavy atom. The zero-order chi connectivity index (χ0) is 21.0. The van der Waals surface area contributed by atoms with Crippen LogP contribution in [0.5, 0.6) is 5.75 Å². The van der Waals surface area contributed by atoms with Crippen LogP contribution >= 0.6 is 0 Å². The van der Waals surface area contributed by atoms with Gasteiger partial charge >= 0.3 is 0 Å². The molecule has 1 saturated carbocycles. The fourth-order valence-electron chi connectivity index (χ4n) is 3.45. The molecule has 6 nitrogen and oxygen atoms in total. The molecule has 3 rings (SSSR count). The van der Waals surface area contributed by atoms with Gasteiger partial charge in [0.15, 0.2) is 0 Å². The van der Waals surface area contributed by atoms with Crippen LogP contribution in [0.3, 0.4) is 0 Å². The molecule has 0 atom stereocenters. The lowest BCUT2D eigenvalue weighted by Crippen LogP contribution is -2.35. The second-order valence-electron chi connectivity index (χ2n) is 7.39. The van der Waals surface area contributed by atoms with E-state index >= 15 is 0 Å². The van der Waals surface area contributed by atoms with Crippen LogP contribution in [-0.2, 0) is 9.59 Å². The van der Waals surface area contributed by atoms with Crippen LogP contribution in [0, 0.1) is 12.3 Å². The third-order valence-electron chi connectivity index (χ3n) is 5.53. The van der Waals surface area contributed by atoms with Crippen molar-refractivity contribution in [3.8, 4) is 5.75 Å². The van der Waals surface area contributed by atoms with Crippen molar-refractivity contribution in [1.29, 1.82) is 0 Å². The number of hydrogen-bond donors (Lipinski definition) is 2. The first-order valence-electron chi connectivity index (χ1n) is 10.1.